The summed E-state index contributed by atoms with van der Waals surface area (Å²) in [5.41, 5.74) is 8.71. The van der Waals surface area contributed by atoms with Crippen LogP contribution in [0.25, 0.3) is 0 Å². The number of nitrogens with zero attached hydrogens (tertiary/aromatic N) is 3. The lowest BCUT2D eigenvalue weighted by molar-refractivity contribution is -0.119. The maximum atomic E-state index is 14.6. The van der Waals surface area contributed by atoms with E-state index in [-0.39, 0.29) is 25.7 Å². The van der Waals surface area contributed by atoms with Crippen molar-refractivity contribution in [1.82, 2.24) is 15.8 Å². The molecule has 3 rings (SSSR count). The number of halogens is 1. The second kappa shape index (κ2) is 7.66. The van der Waals surface area contributed by atoms with Gasteiger partial charge in [0.2, 0.25) is 5.91 Å². The molecule has 4 amide bonds. The van der Waals surface area contributed by atoms with Crippen LogP contribution in [0.1, 0.15) is 6.92 Å². The van der Waals surface area contributed by atoms with E-state index < -0.39 is 24.0 Å². The number of carbonyl (C=O) groups excluding carboxylic acids is 3. The molecule has 2 fully saturated rings. The molecule has 0 bridgehead atoms. The van der Waals surface area contributed by atoms with Crippen molar-refractivity contribution in [3.63, 3.8) is 0 Å². The third-order valence-corrected chi connectivity index (χ3v) is 4.35. The van der Waals surface area contributed by atoms with E-state index >= 15 is 0 Å². The molecule has 0 unspecified atom stereocenters. The minimum atomic E-state index is -0.591. The highest BCUT2D eigenvalue weighted by molar-refractivity contribution is 5.90. The van der Waals surface area contributed by atoms with Gasteiger partial charge in [0.05, 0.1) is 37.7 Å². The zero-order valence-electron chi connectivity index (χ0n) is 14.8. The van der Waals surface area contributed by atoms with Crippen LogP contribution in [0.15, 0.2) is 18.2 Å². The summed E-state index contributed by atoms with van der Waals surface area (Å²) in [6, 6.07) is 3.87. The Morgan fingerprint density at radius 3 is 2.78 bits per heavy atom. The van der Waals surface area contributed by atoms with E-state index in [1.165, 1.54) is 22.9 Å². The second-order valence-corrected chi connectivity index (χ2v) is 6.26. The van der Waals surface area contributed by atoms with Crippen molar-refractivity contribution in [2.75, 3.05) is 42.6 Å². The van der Waals surface area contributed by atoms with E-state index in [1.807, 2.05) is 0 Å². The van der Waals surface area contributed by atoms with Crippen molar-refractivity contribution in [2.24, 2.45) is 5.73 Å². The van der Waals surface area contributed by atoms with Crippen LogP contribution < -0.4 is 26.3 Å². The SMILES string of the molecule is CC(=O)NC[C@H]1CN(c2ccc(N3CCN(C(N)=O)NC3)c(F)c2)C(=O)O1. The lowest BCUT2D eigenvalue weighted by atomic mass is 10.2. The maximum absolute atomic E-state index is 14.6. The van der Waals surface area contributed by atoms with E-state index in [1.54, 1.807) is 17.0 Å². The number of nitrogens with one attached hydrogen (secondary N) is 2. The minimum absolute atomic E-state index is 0.202. The molecular weight excluding hydrogens is 359 g/mol. The Labute approximate surface area is 155 Å². The summed E-state index contributed by atoms with van der Waals surface area (Å²) in [5, 5.41) is 3.85. The van der Waals surface area contributed by atoms with Crippen LogP contribution >= 0.6 is 0 Å². The quantitative estimate of drug-likeness (QED) is 0.674. The number of amides is 4. The van der Waals surface area contributed by atoms with E-state index in [0.29, 0.717) is 24.5 Å². The van der Waals surface area contributed by atoms with Crippen molar-refractivity contribution in [3.8, 4) is 0 Å². The number of benzene rings is 1. The van der Waals surface area contributed by atoms with Crippen molar-refractivity contribution in [1.29, 1.82) is 0 Å². The number of carbonyl (C=O) groups is 3. The molecule has 2 heterocycles. The summed E-state index contributed by atoms with van der Waals surface area (Å²) in [6.45, 7) is 2.76. The van der Waals surface area contributed by atoms with Gasteiger partial charge >= 0.3 is 12.1 Å². The van der Waals surface area contributed by atoms with Gasteiger partial charge in [0.1, 0.15) is 11.9 Å². The Morgan fingerprint density at radius 1 is 1.41 bits per heavy atom. The fourth-order valence-electron chi connectivity index (χ4n) is 2.96. The lowest BCUT2D eigenvalue weighted by Crippen LogP contribution is -2.58. The number of rotatable bonds is 4. The molecule has 146 valence electrons. The molecule has 0 aromatic heterocycles. The maximum Gasteiger partial charge on any atom is 0.414 e. The molecule has 2 aliphatic rings. The Hall–Kier alpha value is -3.08. The minimum Gasteiger partial charge on any atom is -0.442 e. The Morgan fingerprint density at radius 2 is 2.19 bits per heavy atom. The number of cyclic esters (lactones) is 1. The highest BCUT2D eigenvalue weighted by atomic mass is 19.1. The molecule has 10 nitrogen and oxygen atoms in total. The predicted molar refractivity (Wildman–Crippen MR) is 94.3 cm³/mol. The van der Waals surface area contributed by atoms with Gasteiger partial charge in [0.15, 0.2) is 0 Å². The third-order valence-electron chi connectivity index (χ3n) is 4.35. The Balaban J connectivity index is 1.66. The molecule has 1 aromatic rings. The van der Waals surface area contributed by atoms with Crippen molar-refractivity contribution >= 4 is 29.4 Å². The molecule has 2 saturated heterocycles. The monoisotopic (exact) mass is 380 g/mol. The zero-order valence-corrected chi connectivity index (χ0v) is 14.8. The fraction of sp³-hybridized carbons (Fsp3) is 0.438. The standard InChI is InChI=1S/C16H21FN6O4/c1-10(24)19-7-12-8-22(16(26)27-12)11-2-3-14(13(17)6-11)21-4-5-23(15(18)25)20-9-21/h2-3,6,12,20H,4-5,7-9H2,1H3,(H2,18,25)(H,19,24)/t12-/m0/s1. The topological polar surface area (TPSA) is 120 Å². The van der Waals surface area contributed by atoms with Crippen molar-refractivity contribution < 1.29 is 23.5 Å². The number of urea groups is 1. The van der Waals surface area contributed by atoms with Crippen LogP contribution in [0.4, 0.5) is 25.4 Å². The molecule has 4 N–H and O–H groups in total. The molecule has 0 spiro atoms. The van der Waals surface area contributed by atoms with Crippen molar-refractivity contribution in [2.45, 2.75) is 13.0 Å². The van der Waals surface area contributed by atoms with Crippen LogP contribution in [-0.4, -0.2) is 62.0 Å². The first kappa shape index (κ1) is 18.7. The van der Waals surface area contributed by atoms with Gasteiger partial charge in [-0.05, 0) is 18.2 Å². The second-order valence-electron chi connectivity index (χ2n) is 6.26. The number of anilines is 2. The highest BCUT2D eigenvalue weighted by Crippen LogP contribution is 2.28. The summed E-state index contributed by atoms with van der Waals surface area (Å²) in [4.78, 5) is 37.2. The fourth-order valence-corrected chi connectivity index (χ4v) is 2.96. The molecule has 0 aliphatic carbocycles. The number of primary amides is 1. The third kappa shape index (κ3) is 4.19. The summed E-state index contributed by atoms with van der Waals surface area (Å²) < 4.78 is 19.8. The number of hydrogen-bond acceptors (Lipinski definition) is 6. The average Bonchev–Trinajstić information content (AvgIpc) is 3.01. The highest BCUT2D eigenvalue weighted by Gasteiger charge is 2.33. The van der Waals surface area contributed by atoms with Crippen LogP contribution in [0.5, 0.6) is 0 Å². The van der Waals surface area contributed by atoms with Gasteiger partial charge < -0.3 is 20.7 Å². The van der Waals surface area contributed by atoms with Crippen LogP contribution in [0, 0.1) is 5.82 Å². The van der Waals surface area contributed by atoms with Gasteiger partial charge in [-0.3, -0.25) is 14.7 Å². The Bertz CT molecular complexity index is 752. The molecule has 1 atom stereocenters. The first-order chi connectivity index (χ1) is 12.8. The van der Waals surface area contributed by atoms with Gasteiger partial charge in [-0.2, -0.15) is 0 Å². The first-order valence-corrected chi connectivity index (χ1v) is 8.42. The largest absolute Gasteiger partial charge is 0.442 e. The van der Waals surface area contributed by atoms with Crippen LogP contribution in [0.3, 0.4) is 0 Å². The van der Waals surface area contributed by atoms with E-state index in [9.17, 15) is 18.8 Å². The normalized spacial score (nSPS) is 19.9. The van der Waals surface area contributed by atoms with Gasteiger partial charge in [0, 0.05) is 13.5 Å². The summed E-state index contributed by atoms with van der Waals surface area (Å²) in [7, 11) is 0. The van der Waals surface area contributed by atoms with Gasteiger partial charge in [0.25, 0.3) is 0 Å². The van der Waals surface area contributed by atoms with Crippen LogP contribution in [0.2, 0.25) is 0 Å². The molecule has 0 saturated carbocycles. The lowest BCUT2D eigenvalue weighted by Gasteiger charge is -2.36. The average molecular weight is 380 g/mol. The zero-order chi connectivity index (χ0) is 19.6. The molecule has 0 radical (unpaired) electrons. The molecule has 1 aromatic carbocycles. The smallest absolute Gasteiger partial charge is 0.414 e. The van der Waals surface area contributed by atoms with Gasteiger partial charge in [-0.25, -0.2) is 19.4 Å². The Kier molecular flexibility index (Phi) is 5.31. The summed E-state index contributed by atoms with van der Waals surface area (Å²) in [6.07, 6.45) is -1.08. The molecule has 2 aliphatic heterocycles. The summed E-state index contributed by atoms with van der Waals surface area (Å²) >= 11 is 0. The number of hydrogen-bond donors (Lipinski definition) is 3. The van der Waals surface area contributed by atoms with E-state index in [2.05, 4.69) is 10.7 Å². The molecule has 11 heteroatoms. The predicted octanol–water partition coefficient (Wildman–Crippen LogP) is -0.0502. The van der Waals surface area contributed by atoms with E-state index in [0.717, 1.165) is 0 Å². The van der Waals surface area contributed by atoms with Gasteiger partial charge in [-0.15, -0.1) is 0 Å². The van der Waals surface area contributed by atoms with E-state index in [4.69, 9.17) is 10.5 Å². The van der Waals surface area contributed by atoms with Gasteiger partial charge in [-0.1, -0.05) is 0 Å². The summed E-state index contributed by atoms with van der Waals surface area (Å²) in [5.74, 6) is -0.718. The number of nitrogens with two attached hydrogens (primary N) is 1. The van der Waals surface area contributed by atoms with Crippen LogP contribution in [-0.2, 0) is 9.53 Å². The van der Waals surface area contributed by atoms with Crippen molar-refractivity contribution in [3.05, 3.63) is 24.0 Å². The first-order valence-electron chi connectivity index (χ1n) is 8.42. The number of hydrazine groups is 1. The molecule has 27 heavy (non-hydrogen) atoms. The number of ether oxygens (including phenoxy) is 1. The molecular formula is C16H21FN6O4.